The molecule has 0 spiro atoms. The minimum Gasteiger partial charge on any atom is -0.256 e. The second kappa shape index (κ2) is 5.66. The van der Waals surface area contributed by atoms with Crippen molar-refractivity contribution in [1.29, 1.82) is 0 Å². The zero-order valence-corrected chi connectivity index (χ0v) is 13.4. The Morgan fingerprint density at radius 2 is 1.65 bits per heavy atom. The largest absolute Gasteiger partial charge is 0.256 e. The summed E-state index contributed by atoms with van der Waals surface area (Å²) in [6.07, 6.45) is 4.27. The minimum atomic E-state index is 0.332. The Kier molecular flexibility index (Phi) is 3.49. The molecule has 1 fully saturated rings. The third-order valence-electron chi connectivity index (χ3n) is 5.27. The Morgan fingerprint density at radius 1 is 0.913 bits per heavy atom. The number of hydrogen-bond acceptors (Lipinski definition) is 1. The summed E-state index contributed by atoms with van der Waals surface area (Å²) in [5.41, 5.74) is 5.56. The average Bonchev–Trinajstić information content (AvgIpc) is 3.28. The van der Waals surface area contributed by atoms with Crippen LogP contribution in [0.2, 0.25) is 0 Å². The van der Waals surface area contributed by atoms with E-state index in [1.807, 2.05) is 12.3 Å². The van der Waals surface area contributed by atoms with Gasteiger partial charge in [-0.25, -0.2) is 0 Å². The van der Waals surface area contributed by atoms with E-state index in [0.29, 0.717) is 5.41 Å². The molecule has 0 amide bonds. The molecule has 1 heteroatoms. The summed E-state index contributed by atoms with van der Waals surface area (Å²) in [6.45, 7) is 2.40. The molecule has 1 saturated carbocycles. The molecule has 114 valence electrons. The van der Waals surface area contributed by atoms with Crippen molar-refractivity contribution < 1.29 is 0 Å². The van der Waals surface area contributed by atoms with E-state index in [0.717, 1.165) is 18.0 Å². The molecule has 0 aliphatic heterocycles. The lowest BCUT2D eigenvalue weighted by Gasteiger charge is -2.13. The van der Waals surface area contributed by atoms with Crippen LogP contribution in [0, 0.1) is 5.92 Å². The lowest BCUT2D eigenvalue weighted by atomic mass is 9.91. The number of nitrogens with zero attached hydrogens (tertiary/aromatic N) is 1. The molecule has 2 aromatic carbocycles. The Bertz CT molecular complexity index is 794. The zero-order valence-electron chi connectivity index (χ0n) is 13.4. The molecule has 1 heterocycles. The number of pyridine rings is 1. The molecule has 0 bridgehead atoms. The van der Waals surface area contributed by atoms with Gasteiger partial charge >= 0.3 is 0 Å². The van der Waals surface area contributed by atoms with Gasteiger partial charge in [0.05, 0.1) is 5.69 Å². The van der Waals surface area contributed by atoms with Crippen molar-refractivity contribution in [3.8, 4) is 11.3 Å². The van der Waals surface area contributed by atoms with E-state index in [1.54, 1.807) is 0 Å². The molecular formula is C22H21N. The molecule has 2 atom stereocenters. The summed E-state index contributed by atoms with van der Waals surface area (Å²) in [6, 6.07) is 25.8. The highest BCUT2D eigenvalue weighted by Crippen LogP contribution is 2.55. The van der Waals surface area contributed by atoms with Gasteiger partial charge in [-0.05, 0) is 47.4 Å². The molecular weight excluding hydrogens is 278 g/mol. The quantitative estimate of drug-likeness (QED) is 0.639. The maximum atomic E-state index is 4.53. The smallest absolute Gasteiger partial charge is 0.0704 e. The van der Waals surface area contributed by atoms with E-state index in [1.165, 1.54) is 23.1 Å². The van der Waals surface area contributed by atoms with Gasteiger partial charge in [0.2, 0.25) is 0 Å². The van der Waals surface area contributed by atoms with Crippen molar-refractivity contribution in [2.24, 2.45) is 5.92 Å². The van der Waals surface area contributed by atoms with Crippen molar-refractivity contribution in [2.45, 2.75) is 25.2 Å². The van der Waals surface area contributed by atoms with Gasteiger partial charge in [0.1, 0.15) is 0 Å². The molecule has 1 aliphatic rings. The van der Waals surface area contributed by atoms with E-state index >= 15 is 0 Å². The van der Waals surface area contributed by atoms with Gasteiger partial charge in [0.25, 0.3) is 0 Å². The summed E-state index contributed by atoms with van der Waals surface area (Å²) < 4.78 is 0. The molecule has 0 saturated heterocycles. The minimum absolute atomic E-state index is 0.332. The first-order chi connectivity index (χ1) is 11.3. The van der Waals surface area contributed by atoms with Gasteiger partial charge in [-0.15, -0.1) is 0 Å². The highest BCUT2D eigenvalue weighted by molar-refractivity contribution is 5.63. The first kappa shape index (κ1) is 14.2. The number of benzene rings is 2. The van der Waals surface area contributed by atoms with Crippen molar-refractivity contribution in [3.05, 3.63) is 90.1 Å². The van der Waals surface area contributed by atoms with Gasteiger partial charge in [-0.2, -0.15) is 0 Å². The molecule has 1 nitrogen and oxygen atoms in total. The Balaban J connectivity index is 1.60. The molecule has 0 N–H and O–H groups in total. The van der Waals surface area contributed by atoms with Gasteiger partial charge in [-0.3, -0.25) is 4.98 Å². The highest BCUT2D eigenvalue weighted by Gasteiger charge is 2.50. The van der Waals surface area contributed by atoms with E-state index in [4.69, 9.17) is 0 Å². The van der Waals surface area contributed by atoms with Crippen molar-refractivity contribution >= 4 is 0 Å². The summed E-state index contributed by atoms with van der Waals surface area (Å²) >= 11 is 0. The van der Waals surface area contributed by atoms with Crippen molar-refractivity contribution in [2.75, 3.05) is 0 Å². The van der Waals surface area contributed by atoms with Crippen LogP contribution < -0.4 is 0 Å². The monoisotopic (exact) mass is 299 g/mol. The van der Waals surface area contributed by atoms with Gasteiger partial charge in [-0.1, -0.05) is 67.6 Å². The molecule has 1 aliphatic carbocycles. The third kappa shape index (κ3) is 2.68. The van der Waals surface area contributed by atoms with Crippen LogP contribution in [-0.2, 0) is 11.8 Å². The first-order valence-electron chi connectivity index (χ1n) is 8.32. The predicted octanol–water partition coefficient (Wildman–Crippen LogP) is 5.27. The van der Waals surface area contributed by atoms with Crippen molar-refractivity contribution in [3.63, 3.8) is 0 Å². The molecule has 1 aromatic heterocycles. The standard InChI is InChI=1S/C22H21N/c1-22(18-10-3-2-4-11-18)16-19(22)15-17-9-5-6-12-20(17)21-13-7-8-14-23-21/h2-14,19H,15-16H2,1H3/t19-,22-/m1/s1. The Morgan fingerprint density at radius 3 is 2.43 bits per heavy atom. The second-order valence-corrected chi connectivity index (χ2v) is 6.76. The van der Waals surface area contributed by atoms with Gasteiger partial charge < -0.3 is 0 Å². The van der Waals surface area contributed by atoms with Crippen LogP contribution in [-0.4, -0.2) is 4.98 Å². The van der Waals surface area contributed by atoms with Crippen LogP contribution in [0.3, 0.4) is 0 Å². The molecule has 4 rings (SSSR count). The summed E-state index contributed by atoms with van der Waals surface area (Å²) in [7, 11) is 0. The maximum Gasteiger partial charge on any atom is 0.0704 e. The van der Waals surface area contributed by atoms with E-state index < -0.39 is 0 Å². The van der Waals surface area contributed by atoms with Crippen LogP contribution in [0.15, 0.2) is 79.0 Å². The molecule has 23 heavy (non-hydrogen) atoms. The van der Waals surface area contributed by atoms with Crippen LogP contribution >= 0.6 is 0 Å². The first-order valence-corrected chi connectivity index (χ1v) is 8.32. The lowest BCUT2D eigenvalue weighted by molar-refractivity contribution is 0.656. The maximum absolute atomic E-state index is 4.53. The van der Waals surface area contributed by atoms with Crippen LogP contribution in [0.4, 0.5) is 0 Å². The summed E-state index contributed by atoms with van der Waals surface area (Å²) in [5, 5.41) is 0. The molecule has 0 unspecified atom stereocenters. The van der Waals surface area contributed by atoms with E-state index in [2.05, 4.69) is 78.6 Å². The van der Waals surface area contributed by atoms with Gasteiger partial charge in [0.15, 0.2) is 0 Å². The van der Waals surface area contributed by atoms with Crippen molar-refractivity contribution in [1.82, 2.24) is 4.98 Å². The van der Waals surface area contributed by atoms with Crippen LogP contribution in [0.1, 0.15) is 24.5 Å². The normalized spacial score (nSPS) is 22.7. The van der Waals surface area contributed by atoms with Crippen LogP contribution in [0.25, 0.3) is 11.3 Å². The number of hydrogen-bond donors (Lipinski definition) is 0. The fraction of sp³-hybridized carbons (Fsp3) is 0.227. The van der Waals surface area contributed by atoms with E-state index in [-0.39, 0.29) is 0 Å². The Labute approximate surface area is 138 Å². The Hall–Kier alpha value is -2.41. The van der Waals surface area contributed by atoms with Gasteiger partial charge in [0, 0.05) is 11.8 Å². The lowest BCUT2D eigenvalue weighted by Crippen LogP contribution is -2.06. The predicted molar refractivity (Wildman–Crippen MR) is 95.3 cm³/mol. The fourth-order valence-corrected chi connectivity index (χ4v) is 3.66. The van der Waals surface area contributed by atoms with E-state index in [9.17, 15) is 0 Å². The number of rotatable bonds is 4. The summed E-state index contributed by atoms with van der Waals surface area (Å²) in [4.78, 5) is 4.53. The average molecular weight is 299 g/mol. The topological polar surface area (TPSA) is 12.9 Å². The highest BCUT2D eigenvalue weighted by atomic mass is 14.7. The summed E-state index contributed by atoms with van der Waals surface area (Å²) in [5.74, 6) is 0.717. The van der Waals surface area contributed by atoms with Crippen LogP contribution in [0.5, 0.6) is 0 Å². The molecule has 0 radical (unpaired) electrons. The SMILES string of the molecule is C[C@]1(c2ccccc2)C[C@H]1Cc1ccccc1-c1ccccn1. The zero-order chi connectivity index (χ0) is 15.7. The second-order valence-electron chi connectivity index (χ2n) is 6.76. The number of aromatic nitrogens is 1. The fourth-order valence-electron chi connectivity index (χ4n) is 3.66. The molecule has 3 aromatic rings. The third-order valence-corrected chi connectivity index (χ3v) is 5.27.